The number of fused-ring (bicyclic) bond motifs is 2. The zero-order valence-corrected chi connectivity index (χ0v) is 23.1. The summed E-state index contributed by atoms with van der Waals surface area (Å²) in [5.74, 6) is 0.973. The molecule has 2 saturated carbocycles. The van der Waals surface area contributed by atoms with Crippen molar-refractivity contribution in [2.75, 3.05) is 6.61 Å². The molecule has 37 heavy (non-hydrogen) atoms. The molecule has 0 spiro atoms. The summed E-state index contributed by atoms with van der Waals surface area (Å²) in [6.45, 7) is 11.7. The summed E-state index contributed by atoms with van der Waals surface area (Å²) < 4.78 is 7.55. The Bertz CT molecular complexity index is 1020. The number of carbonyl (C=O) groups excluding carboxylic acids is 3. The Morgan fingerprint density at radius 2 is 2.03 bits per heavy atom. The number of hydrogen-bond acceptors (Lipinski definition) is 5. The molecule has 2 aliphatic rings. The Kier molecular flexibility index (Phi) is 8.92. The second kappa shape index (κ2) is 11.6. The number of nitrogens with two attached hydrogens (primary N) is 1. The normalized spacial score (nSPS) is 24.5. The number of nitrogens with zero attached hydrogens (tertiary/aromatic N) is 2. The van der Waals surface area contributed by atoms with E-state index in [-0.39, 0.29) is 35.2 Å². The minimum atomic E-state index is -0.599. The third-order valence-corrected chi connectivity index (χ3v) is 7.37. The smallest absolute Gasteiger partial charge is 0.312 e. The van der Waals surface area contributed by atoms with Crippen molar-refractivity contribution in [2.24, 2.45) is 23.5 Å². The molecule has 2 aliphatic carbocycles. The predicted molar refractivity (Wildman–Crippen MR) is 143 cm³/mol. The van der Waals surface area contributed by atoms with Crippen LogP contribution in [-0.4, -0.2) is 51.4 Å². The maximum absolute atomic E-state index is 13.4. The van der Waals surface area contributed by atoms with Crippen LogP contribution < -0.4 is 26.4 Å². The van der Waals surface area contributed by atoms with Crippen LogP contribution in [0.15, 0.2) is 12.3 Å². The fraction of sp³-hybridized carbons (Fsp3) is 0.704. The average Bonchev–Trinajstić information content (AvgIpc) is 3.17. The maximum atomic E-state index is 13.4. The molecule has 206 valence electrons. The number of primary amides is 1. The van der Waals surface area contributed by atoms with Gasteiger partial charge in [-0.25, -0.2) is 9.48 Å². The van der Waals surface area contributed by atoms with Gasteiger partial charge in [-0.1, -0.05) is 26.7 Å². The highest BCUT2D eigenvalue weighted by molar-refractivity contribution is 5.96. The first-order chi connectivity index (χ1) is 17.3. The Morgan fingerprint density at radius 1 is 1.30 bits per heavy atom. The van der Waals surface area contributed by atoms with E-state index < -0.39 is 11.6 Å². The summed E-state index contributed by atoms with van der Waals surface area (Å²) in [6.07, 6.45) is 10.9. The summed E-state index contributed by atoms with van der Waals surface area (Å²) in [5, 5.41) is 13.4. The van der Waals surface area contributed by atoms with Gasteiger partial charge >= 0.3 is 6.03 Å². The van der Waals surface area contributed by atoms with Crippen LogP contribution in [0.2, 0.25) is 0 Å². The number of carbonyl (C=O) groups is 3. The summed E-state index contributed by atoms with van der Waals surface area (Å²) >= 11 is 0. The largest absolute Gasteiger partial charge is 0.477 e. The second-order valence-electron chi connectivity index (χ2n) is 11.9. The highest BCUT2D eigenvalue weighted by Gasteiger charge is 2.45. The first-order valence-corrected chi connectivity index (χ1v) is 13.4. The van der Waals surface area contributed by atoms with Gasteiger partial charge in [0, 0.05) is 24.7 Å². The number of nitrogens with one attached hydrogen (secondary N) is 3. The van der Waals surface area contributed by atoms with Gasteiger partial charge in [0.1, 0.15) is 5.56 Å². The third kappa shape index (κ3) is 7.72. The highest BCUT2D eigenvalue weighted by atomic mass is 16.5. The monoisotopic (exact) mass is 516 g/mol. The fourth-order valence-electron chi connectivity index (χ4n) is 5.85. The molecule has 0 aliphatic heterocycles. The summed E-state index contributed by atoms with van der Waals surface area (Å²) in [6, 6.07) is -0.579. The highest BCUT2D eigenvalue weighted by Crippen LogP contribution is 2.46. The zero-order chi connectivity index (χ0) is 27.4. The SMILES string of the molecule is CC(=O)NC(C)(C)/C=C/n1ncc(C(=O)NC(C)C2CC3CCC[C@@](NC(N)=O)(C3)C2)c1OCC(C)C. The molecule has 1 aromatic rings. The van der Waals surface area contributed by atoms with Crippen LogP contribution in [0.5, 0.6) is 5.88 Å². The summed E-state index contributed by atoms with van der Waals surface area (Å²) in [5.41, 5.74) is 4.98. The molecular weight excluding hydrogens is 472 g/mol. The Balaban J connectivity index is 1.77. The molecule has 10 heteroatoms. The molecule has 10 nitrogen and oxygen atoms in total. The maximum Gasteiger partial charge on any atom is 0.312 e. The van der Waals surface area contributed by atoms with Gasteiger partial charge in [-0.2, -0.15) is 5.10 Å². The molecular formula is C27H44N6O4. The van der Waals surface area contributed by atoms with Crippen LogP contribution in [0.3, 0.4) is 0 Å². The average molecular weight is 517 g/mol. The van der Waals surface area contributed by atoms with E-state index in [0.29, 0.717) is 24.0 Å². The lowest BCUT2D eigenvalue weighted by Gasteiger charge is -2.49. The van der Waals surface area contributed by atoms with Crippen molar-refractivity contribution in [2.45, 2.75) is 97.2 Å². The van der Waals surface area contributed by atoms with Gasteiger partial charge in [-0.15, -0.1) is 0 Å². The van der Waals surface area contributed by atoms with Gasteiger partial charge < -0.3 is 26.4 Å². The molecule has 4 atom stereocenters. The lowest BCUT2D eigenvalue weighted by atomic mass is 9.62. The Hall–Kier alpha value is -3.04. The van der Waals surface area contributed by atoms with Crippen LogP contribution in [0.25, 0.3) is 6.20 Å². The van der Waals surface area contributed by atoms with Crippen molar-refractivity contribution in [3.8, 4) is 5.88 Å². The van der Waals surface area contributed by atoms with E-state index in [1.54, 1.807) is 12.3 Å². The van der Waals surface area contributed by atoms with Gasteiger partial charge in [0.2, 0.25) is 11.8 Å². The molecule has 1 aromatic heterocycles. The lowest BCUT2D eigenvalue weighted by Crippen LogP contribution is -2.58. The Labute approximate surface area is 220 Å². The standard InChI is InChI=1S/C27H44N6O4/c1-17(2)16-37-24-22(15-29-33(24)11-10-26(5,6)31-19(4)34)23(35)30-18(3)21-12-20-8-7-9-27(13-20,14-21)32-25(28)36/h10-11,15,17-18,20-21H,7-9,12-14,16H2,1-6H3,(H,30,35)(H,31,34)(H3,28,32,36)/b11-10+/t18?,20?,21?,27-/m1/s1. The first-order valence-electron chi connectivity index (χ1n) is 13.4. The predicted octanol–water partition coefficient (Wildman–Crippen LogP) is 3.43. The van der Waals surface area contributed by atoms with E-state index in [0.717, 1.165) is 38.5 Å². The van der Waals surface area contributed by atoms with Crippen molar-refractivity contribution >= 4 is 24.0 Å². The van der Waals surface area contributed by atoms with Crippen LogP contribution in [0.1, 0.15) is 90.4 Å². The van der Waals surface area contributed by atoms with Crippen LogP contribution in [-0.2, 0) is 4.79 Å². The van der Waals surface area contributed by atoms with Gasteiger partial charge in [0.25, 0.3) is 5.91 Å². The van der Waals surface area contributed by atoms with E-state index in [9.17, 15) is 14.4 Å². The molecule has 3 rings (SSSR count). The summed E-state index contributed by atoms with van der Waals surface area (Å²) in [4.78, 5) is 36.6. The van der Waals surface area contributed by atoms with Gasteiger partial charge in [-0.3, -0.25) is 9.59 Å². The number of aromatic nitrogens is 2. The molecule has 5 N–H and O–H groups in total. The second-order valence-corrected chi connectivity index (χ2v) is 11.9. The first kappa shape index (κ1) is 28.5. The van der Waals surface area contributed by atoms with Crippen LogP contribution in [0.4, 0.5) is 4.79 Å². The molecule has 1 heterocycles. The third-order valence-electron chi connectivity index (χ3n) is 7.37. The molecule has 2 fully saturated rings. The number of amides is 4. The number of ether oxygens (including phenoxy) is 1. The van der Waals surface area contributed by atoms with Crippen LogP contribution in [0, 0.1) is 17.8 Å². The fourth-order valence-corrected chi connectivity index (χ4v) is 5.85. The minimum absolute atomic E-state index is 0.0991. The van der Waals surface area contributed by atoms with E-state index in [4.69, 9.17) is 10.5 Å². The molecule has 0 radical (unpaired) electrons. The molecule has 3 unspecified atom stereocenters. The quantitative estimate of drug-likeness (QED) is 0.377. The Morgan fingerprint density at radius 3 is 2.68 bits per heavy atom. The molecule has 4 amide bonds. The van der Waals surface area contributed by atoms with Crippen molar-refractivity contribution in [1.29, 1.82) is 0 Å². The van der Waals surface area contributed by atoms with Crippen molar-refractivity contribution in [3.63, 3.8) is 0 Å². The lowest BCUT2D eigenvalue weighted by molar-refractivity contribution is -0.120. The number of urea groups is 1. The van der Waals surface area contributed by atoms with Crippen molar-refractivity contribution < 1.29 is 19.1 Å². The number of rotatable bonds is 10. The van der Waals surface area contributed by atoms with Gasteiger partial charge in [0.05, 0.1) is 18.3 Å². The molecule has 2 bridgehead atoms. The topological polar surface area (TPSA) is 140 Å². The molecule has 0 aromatic carbocycles. The van der Waals surface area contributed by atoms with E-state index in [1.165, 1.54) is 17.8 Å². The van der Waals surface area contributed by atoms with Gasteiger partial charge in [-0.05, 0) is 70.3 Å². The zero-order valence-electron chi connectivity index (χ0n) is 23.1. The van der Waals surface area contributed by atoms with Crippen molar-refractivity contribution in [3.05, 3.63) is 17.8 Å². The van der Waals surface area contributed by atoms with Crippen LogP contribution >= 0.6 is 0 Å². The van der Waals surface area contributed by atoms with E-state index >= 15 is 0 Å². The summed E-state index contributed by atoms with van der Waals surface area (Å²) in [7, 11) is 0. The molecule has 0 saturated heterocycles. The number of hydrogen-bond donors (Lipinski definition) is 4. The minimum Gasteiger partial charge on any atom is -0.477 e. The van der Waals surface area contributed by atoms with E-state index in [1.807, 2.05) is 34.6 Å². The van der Waals surface area contributed by atoms with Gasteiger partial charge in [0.15, 0.2) is 0 Å². The van der Waals surface area contributed by atoms with Crippen molar-refractivity contribution in [1.82, 2.24) is 25.7 Å². The van der Waals surface area contributed by atoms with E-state index in [2.05, 4.69) is 21.0 Å².